The number of ether oxygens (including phenoxy) is 2. The van der Waals surface area contributed by atoms with Gasteiger partial charge in [-0.2, -0.15) is 0 Å². The van der Waals surface area contributed by atoms with Crippen LogP contribution in [-0.4, -0.2) is 22.5 Å². The molecule has 6 nitrogen and oxygen atoms in total. The number of rotatable bonds is 5. The standard InChI is InChI=1S/C14H14FN3O3/c1-2-20-14(19)9-7-17-12(18-13(9)16)8-21-11-6-4-3-5-10(11)15/h3-7H,2,8H2,1H3,(H2,16,17,18). The van der Waals surface area contributed by atoms with Gasteiger partial charge >= 0.3 is 5.97 Å². The second-order valence-electron chi connectivity index (χ2n) is 4.02. The Bertz CT molecular complexity index is 649. The topological polar surface area (TPSA) is 87.3 Å². The minimum absolute atomic E-state index is 0.00409. The SMILES string of the molecule is CCOC(=O)c1cnc(COc2ccccc2F)nc1N. The van der Waals surface area contributed by atoms with Crippen molar-refractivity contribution in [3.8, 4) is 5.75 Å². The Morgan fingerprint density at radius 3 is 2.81 bits per heavy atom. The van der Waals surface area contributed by atoms with Gasteiger partial charge in [0, 0.05) is 6.20 Å². The molecule has 1 aromatic heterocycles. The van der Waals surface area contributed by atoms with Gasteiger partial charge in [0.25, 0.3) is 0 Å². The lowest BCUT2D eigenvalue weighted by Gasteiger charge is -2.08. The predicted molar refractivity (Wildman–Crippen MR) is 73.1 cm³/mol. The highest BCUT2D eigenvalue weighted by atomic mass is 19.1. The first kappa shape index (κ1) is 14.7. The van der Waals surface area contributed by atoms with Gasteiger partial charge < -0.3 is 15.2 Å². The Morgan fingerprint density at radius 1 is 1.38 bits per heavy atom. The monoisotopic (exact) mass is 291 g/mol. The fraction of sp³-hybridized carbons (Fsp3) is 0.214. The maximum Gasteiger partial charge on any atom is 0.343 e. The second-order valence-corrected chi connectivity index (χ2v) is 4.02. The second kappa shape index (κ2) is 6.65. The van der Waals surface area contributed by atoms with Crippen LogP contribution >= 0.6 is 0 Å². The third kappa shape index (κ3) is 3.65. The Kier molecular flexibility index (Phi) is 4.65. The number of hydrogen-bond acceptors (Lipinski definition) is 6. The molecule has 2 aromatic rings. The van der Waals surface area contributed by atoms with E-state index in [9.17, 15) is 9.18 Å². The summed E-state index contributed by atoms with van der Waals surface area (Å²) in [7, 11) is 0. The first-order valence-electron chi connectivity index (χ1n) is 6.27. The molecule has 0 unspecified atom stereocenters. The van der Waals surface area contributed by atoms with E-state index in [0.717, 1.165) is 0 Å². The van der Waals surface area contributed by atoms with E-state index >= 15 is 0 Å². The third-order valence-corrected chi connectivity index (χ3v) is 2.56. The lowest BCUT2D eigenvalue weighted by molar-refractivity contribution is 0.0526. The number of benzene rings is 1. The van der Waals surface area contributed by atoms with Crippen LogP contribution in [0.1, 0.15) is 23.1 Å². The lowest BCUT2D eigenvalue weighted by Crippen LogP contribution is -2.12. The highest BCUT2D eigenvalue weighted by Crippen LogP contribution is 2.17. The lowest BCUT2D eigenvalue weighted by atomic mass is 10.3. The van der Waals surface area contributed by atoms with E-state index < -0.39 is 11.8 Å². The Morgan fingerprint density at radius 2 is 2.14 bits per heavy atom. The van der Waals surface area contributed by atoms with Crippen LogP contribution in [0.25, 0.3) is 0 Å². The van der Waals surface area contributed by atoms with E-state index in [1.165, 1.54) is 18.3 Å². The molecule has 0 amide bonds. The largest absolute Gasteiger partial charge is 0.483 e. The normalized spacial score (nSPS) is 10.2. The van der Waals surface area contributed by atoms with Gasteiger partial charge in [-0.1, -0.05) is 12.1 Å². The van der Waals surface area contributed by atoms with Gasteiger partial charge in [0.05, 0.1) is 6.61 Å². The third-order valence-electron chi connectivity index (χ3n) is 2.56. The van der Waals surface area contributed by atoms with Crippen molar-refractivity contribution in [2.45, 2.75) is 13.5 Å². The number of hydrogen-bond donors (Lipinski definition) is 1. The van der Waals surface area contributed by atoms with Crippen molar-refractivity contribution in [1.82, 2.24) is 9.97 Å². The number of halogens is 1. The number of anilines is 1. The molecular formula is C14H14FN3O3. The molecule has 21 heavy (non-hydrogen) atoms. The van der Waals surface area contributed by atoms with Gasteiger partial charge in [-0.25, -0.2) is 19.2 Å². The van der Waals surface area contributed by atoms with E-state index in [4.69, 9.17) is 15.2 Å². The van der Waals surface area contributed by atoms with Gasteiger partial charge in [0.15, 0.2) is 17.4 Å². The molecule has 0 bridgehead atoms. The van der Waals surface area contributed by atoms with Gasteiger partial charge in [-0.05, 0) is 19.1 Å². The molecule has 0 radical (unpaired) electrons. The van der Waals surface area contributed by atoms with Gasteiger partial charge in [0.2, 0.25) is 0 Å². The number of esters is 1. The van der Waals surface area contributed by atoms with Gasteiger partial charge in [-0.15, -0.1) is 0 Å². The summed E-state index contributed by atoms with van der Waals surface area (Å²) in [5.41, 5.74) is 5.76. The van der Waals surface area contributed by atoms with Crippen LogP contribution in [-0.2, 0) is 11.3 Å². The van der Waals surface area contributed by atoms with E-state index in [2.05, 4.69) is 9.97 Å². The number of carbonyl (C=O) groups is 1. The maximum absolute atomic E-state index is 13.4. The van der Waals surface area contributed by atoms with E-state index in [0.29, 0.717) is 0 Å². The fourth-order valence-electron chi connectivity index (χ4n) is 1.57. The summed E-state index contributed by atoms with van der Waals surface area (Å²) in [5, 5.41) is 0. The molecular weight excluding hydrogens is 277 g/mol. The minimum Gasteiger partial charge on any atom is -0.483 e. The molecule has 0 fully saturated rings. The fourth-order valence-corrected chi connectivity index (χ4v) is 1.57. The summed E-state index contributed by atoms with van der Waals surface area (Å²) in [6, 6.07) is 5.99. The van der Waals surface area contributed by atoms with Crippen molar-refractivity contribution in [3.05, 3.63) is 47.7 Å². The molecule has 0 saturated heterocycles. The van der Waals surface area contributed by atoms with Gasteiger partial charge in [0.1, 0.15) is 18.0 Å². The quantitative estimate of drug-likeness (QED) is 0.847. The molecule has 0 aliphatic carbocycles. The van der Waals surface area contributed by atoms with E-state index in [1.54, 1.807) is 19.1 Å². The number of carbonyl (C=O) groups excluding carboxylic acids is 1. The molecule has 1 aromatic carbocycles. The number of nitrogens with zero attached hydrogens (tertiary/aromatic N) is 2. The summed E-state index contributed by atoms with van der Waals surface area (Å²) in [6.45, 7) is 1.86. The van der Waals surface area contributed by atoms with Crippen LogP contribution in [0.4, 0.5) is 10.2 Å². The molecule has 1 heterocycles. The Hall–Kier alpha value is -2.70. The zero-order valence-electron chi connectivity index (χ0n) is 11.4. The van der Waals surface area contributed by atoms with Crippen LogP contribution in [0.15, 0.2) is 30.5 Å². The molecule has 0 saturated carbocycles. The maximum atomic E-state index is 13.4. The van der Waals surface area contributed by atoms with Crippen molar-refractivity contribution in [2.24, 2.45) is 0 Å². The average Bonchev–Trinajstić information content (AvgIpc) is 2.46. The molecule has 2 rings (SSSR count). The Balaban J connectivity index is 2.07. The van der Waals surface area contributed by atoms with E-state index in [1.807, 2.05) is 0 Å². The average molecular weight is 291 g/mol. The highest BCUT2D eigenvalue weighted by Gasteiger charge is 2.14. The zero-order valence-corrected chi connectivity index (χ0v) is 11.4. The molecule has 110 valence electrons. The van der Waals surface area contributed by atoms with E-state index in [-0.39, 0.29) is 36.2 Å². The first-order valence-corrected chi connectivity index (χ1v) is 6.27. The number of nitrogen functional groups attached to an aromatic ring is 1. The van der Waals surface area contributed by atoms with Crippen molar-refractivity contribution in [3.63, 3.8) is 0 Å². The van der Waals surface area contributed by atoms with Crippen LogP contribution in [0.5, 0.6) is 5.75 Å². The molecule has 7 heteroatoms. The number of para-hydroxylation sites is 1. The summed E-state index contributed by atoms with van der Waals surface area (Å²) in [5.74, 6) is -0.737. The smallest absolute Gasteiger partial charge is 0.343 e. The summed E-state index contributed by atoms with van der Waals surface area (Å²) in [6.07, 6.45) is 1.26. The number of aromatic nitrogens is 2. The zero-order chi connectivity index (χ0) is 15.2. The Labute approximate surface area is 120 Å². The van der Waals surface area contributed by atoms with Crippen molar-refractivity contribution in [1.29, 1.82) is 0 Å². The summed E-state index contributed by atoms with van der Waals surface area (Å²) >= 11 is 0. The minimum atomic E-state index is -0.587. The molecule has 0 aliphatic heterocycles. The van der Waals surface area contributed by atoms with Crippen LogP contribution in [0, 0.1) is 5.82 Å². The van der Waals surface area contributed by atoms with Crippen LogP contribution < -0.4 is 10.5 Å². The summed E-state index contributed by atoms with van der Waals surface area (Å²) < 4.78 is 23.4. The van der Waals surface area contributed by atoms with Crippen LogP contribution in [0.3, 0.4) is 0 Å². The molecule has 0 spiro atoms. The highest BCUT2D eigenvalue weighted by molar-refractivity contribution is 5.93. The molecule has 0 aliphatic rings. The first-order chi connectivity index (χ1) is 10.1. The summed E-state index contributed by atoms with van der Waals surface area (Å²) in [4.78, 5) is 19.4. The van der Waals surface area contributed by atoms with Gasteiger partial charge in [-0.3, -0.25) is 0 Å². The van der Waals surface area contributed by atoms with Crippen molar-refractivity contribution >= 4 is 11.8 Å². The predicted octanol–water partition coefficient (Wildman–Crippen LogP) is 1.95. The van der Waals surface area contributed by atoms with Crippen molar-refractivity contribution in [2.75, 3.05) is 12.3 Å². The molecule has 2 N–H and O–H groups in total. The van der Waals surface area contributed by atoms with Crippen molar-refractivity contribution < 1.29 is 18.7 Å². The van der Waals surface area contributed by atoms with Crippen LogP contribution in [0.2, 0.25) is 0 Å². The number of nitrogens with two attached hydrogens (primary N) is 1. The molecule has 0 atom stereocenters.